The van der Waals surface area contributed by atoms with Crippen molar-refractivity contribution in [1.82, 2.24) is 0 Å². The summed E-state index contributed by atoms with van der Waals surface area (Å²) < 4.78 is 10.6. The van der Waals surface area contributed by atoms with Gasteiger partial charge in [0, 0.05) is 21.3 Å². The molecular formula is C25H25ClN2O4S. The Morgan fingerprint density at radius 2 is 1.52 bits per heavy atom. The van der Waals surface area contributed by atoms with E-state index in [4.69, 9.17) is 21.1 Å². The Hall–Kier alpha value is -3.16. The zero-order valence-corrected chi connectivity index (χ0v) is 20.1. The van der Waals surface area contributed by atoms with Gasteiger partial charge in [-0.1, -0.05) is 36.7 Å². The Morgan fingerprint density at radius 3 is 2.12 bits per heavy atom. The maximum absolute atomic E-state index is 12.9. The molecule has 0 fully saturated rings. The summed E-state index contributed by atoms with van der Waals surface area (Å²) in [4.78, 5) is 26.6. The number of ether oxygens (including phenoxy) is 2. The third kappa shape index (κ3) is 6.43. The minimum atomic E-state index is -0.350. The zero-order valence-electron chi connectivity index (χ0n) is 18.6. The standard InChI is InChI=1S/C25H25ClN2O4S/c1-4-22(24(29)27-17-9-5-8-16(26)14-17)33-19-11-6-10-18(15-19)28-25(30)23-20(31-2)12-7-13-21(23)32-3/h5-15,22H,4H2,1-3H3,(H,27,29)(H,28,30). The second-order valence-corrected chi connectivity index (χ2v) is 8.75. The molecule has 0 aliphatic carbocycles. The van der Waals surface area contributed by atoms with E-state index >= 15 is 0 Å². The fraction of sp³-hybridized carbons (Fsp3) is 0.200. The van der Waals surface area contributed by atoms with E-state index < -0.39 is 0 Å². The molecule has 3 rings (SSSR count). The van der Waals surface area contributed by atoms with Crippen LogP contribution in [0.25, 0.3) is 0 Å². The molecule has 0 saturated carbocycles. The molecule has 6 nitrogen and oxygen atoms in total. The van der Waals surface area contributed by atoms with Crippen molar-refractivity contribution in [3.63, 3.8) is 0 Å². The number of hydrogen-bond acceptors (Lipinski definition) is 5. The van der Waals surface area contributed by atoms with Gasteiger partial charge in [0.05, 0.1) is 19.5 Å². The average molecular weight is 485 g/mol. The SMILES string of the molecule is CCC(Sc1cccc(NC(=O)c2c(OC)cccc2OC)c1)C(=O)Nc1cccc(Cl)c1. The number of carbonyl (C=O) groups is 2. The van der Waals surface area contributed by atoms with Crippen molar-refractivity contribution >= 4 is 46.6 Å². The van der Waals surface area contributed by atoms with Crippen LogP contribution in [0.4, 0.5) is 11.4 Å². The minimum absolute atomic E-state index is 0.113. The number of amides is 2. The lowest BCUT2D eigenvalue weighted by atomic mass is 10.1. The van der Waals surface area contributed by atoms with Crippen molar-refractivity contribution in [1.29, 1.82) is 0 Å². The van der Waals surface area contributed by atoms with Crippen LogP contribution in [-0.4, -0.2) is 31.3 Å². The molecule has 33 heavy (non-hydrogen) atoms. The second kappa shape index (κ2) is 11.6. The number of rotatable bonds is 9. The number of anilines is 2. The fourth-order valence-corrected chi connectivity index (χ4v) is 4.39. The molecule has 172 valence electrons. The van der Waals surface area contributed by atoms with Crippen LogP contribution >= 0.6 is 23.4 Å². The van der Waals surface area contributed by atoms with Gasteiger partial charge in [0.1, 0.15) is 17.1 Å². The smallest absolute Gasteiger partial charge is 0.263 e. The Bertz CT molecular complexity index is 1120. The van der Waals surface area contributed by atoms with Crippen LogP contribution in [0.2, 0.25) is 5.02 Å². The molecule has 1 atom stereocenters. The summed E-state index contributed by atoms with van der Waals surface area (Å²) in [5.74, 6) is 0.373. The van der Waals surface area contributed by atoms with Crippen LogP contribution in [0.5, 0.6) is 11.5 Å². The van der Waals surface area contributed by atoms with Gasteiger partial charge < -0.3 is 20.1 Å². The molecule has 2 amide bonds. The number of thioether (sulfide) groups is 1. The van der Waals surface area contributed by atoms with Crippen LogP contribution in [0.15, 0.2) is 71.6 Å². The largest absolute Gasteiger partial charge is 0.496 e. The fourth-order valence-electron chi connectivity index (χ4n) is 3.19. The lowest BCUT2D eigenvalue weighted by Crippen LogP contribution is -2.24. The third-order valence-corrected chi connectivity index (χ3v) is 6.37. The van der Waals surface area contributed by atoms with E-state index in [9.17, 15) is 9.59 Å². The predicted molar refractivity (Wildman–Crippen MR) is 134 cm³/mol. The molecule has 8 heteroatoms. The molecule has 0 aliphatic rings. The van der Waals surface area contributed by atoms with Crippen molar-refractivity contribution in [2.45, 2.75) is 23.5 Å². The lowest BCUT2D eigenvalue weighted by Gasteiger charge is -2.16. The third-order valence-electron chi connectivity index (χ3n) is 4.78. The molecule has 0 heterocycles. The summed E-state index contributed by atoms with van der Waals surface area (Å²) in [5, 5.41) is 6.04. The van der Waals surface area contributed by atoms with Crippen molar-refractivity contribution in [3.8, 4) is 11.5 Å². The van der Waals surface area contributed by atoms with E-state index in [2.05, 4.69) is 10.6 Å². The van der Waals surface area contributed by atoms with Crippen LogP contribution in [0.1, 0.15) is 23.7 Å². The second-order valence-electron chi connectivity index (χ2n) is 7.03. The number of benzene rings is 3. The maximum atomic E-state index is 12.9. The van der Waals surface area contributed by atoms with E-state index in [1.807, 2.05) is 25.1 Å². The Morgan fingerprint density at radius 1 is 0.909 bits per heavy atom. The van der Waals surface area contributed by atoms with E-state index in [-0.39, 0.29) is 17.1 Å². The maximum Gasteiger partial charge on any atom is 0.263 e. The van der Waals surface area contributed by atoms with Gasteiger partial charge in [0.2, 0.25) is 5.91 Å². The Balaban J connectivity index is 1.73. The molecule has 0 aromatic heterocycles. The molecule has 0 spiro atoms. The number of halogens is 1. The first kappa shape index (κ1) is 24.5. The zero-order chi connectivity index (χ0) is 23.8. The van der Waals surface area contributed by atoms with Crippen molar-refractivity contribution in [3.05, 3.63) is 77.3 Å². The molecule has 1 unspecified atom stereocenters. The molecule has 0 bridgehead atoms. The highest BCUT2D eigenvalue weighted by Gasteiger charge is 2.20. The first-order valence-corrected chi connectivity index (χ1v) is 11.6. The molecule has 0 saturated heterocycles. The number of nitrogens with one attached hydrogen (secondary N) is 2. The average Bonchev–Trinajstić information content (AvgIpc) is 2.82. The normalized spacial score (nSPS) is 11.4. The summed E-state index contributed by atoms with van der Waals surface area (Å²) in [6.45, 7) is 1.95. The molecule has 0 radical (unpaired) electrons. The highest BCUT2D eigenvalue weighted by atomic mass is 35.5. The van der Waals surface area contributed by atoms with Crippen LogP contribution in [-0.2, 0) is 4.79 Å². The van der Waals surface area contributed by atoms with Crippen molar-refractivity contribution in [2.24, 2.45) is 0 Å². The number of hydrogen-bond donors (Lipinski definition) is 2. The number of carbonyl (C=O) groups excluding carboxylic acids is 2. The van der Waals surface area contributed by atoms with Gasteiger partial charge >= 0.3 is 0 Å². The monoisotopic (exact) mass is 484 g/mol. The van der Waals surface area contributed by atoms with Crippen LogP contribution in [0.3, 0.4) is 0 Å². The van der Waals surface area contributed by atoms with Gasteiger partial charge in [-0.3, -0.25) is 9.59 Å². The highest BCUT2D eigenvalue weighted by molar-refractivity contribution is 8.00. The van der Waals surface area contributed by atoms with Gasteiger partial charge in [0.25, 0.3) is 5.91 Å². The molecule has 2 N–H and O–H groups in total. The Labute approximate surface area is 202 Å². The lowest BCUT2D eigenvalue weighted by molar-refractivity contribution is -0.115. The summed E-state index contributed by atoms with van der Waals surface area (Å²) in [5.41, 5.74) is 1.56. The molecule has 0 aliphatic heterocycles. The van der Waals surface area contributed by atoms with Gasteiger partial charge in [-0.15, -0.1) is 11.8 Å². The van der Waals surface area contributed by atoms with Gasteiger partial charge in [-0.05, 0) is 55.0 Å². The van der Waals surface area contributed by atoms with Crippen LogP contribution in [0, 0.1) is 0 Å². The summed E-state index contributed by atoms with van der Waals surface area (Å²) in [6, 6.07) is 19.6. The van der Waals surface area contributed by atoms with E-state index in [1.54, 1.807) is 48.5 Å². The predicted octanol–water partition coefficient (Wildman–Crippen LogP) is 6.12. The topological polar surface area (TPSA) is 76.7 Å². The van der Waals surface area contributed by atoms with E-state index in [0.29, 0.717) is 39.9 Å². The first-order chi connectivity index (χ1) is 15.9. The molecule has 3 aromatic carbocycles. The Kier molecular flexibility index (Phi) is 8.63. The van der Waals surface area contributed by atoms with Crippen molar-refractivity contribution in [2.75, 3.05) is 24.9 Å². The quantitative estimate of drug-likeness (QED) is 0.358. The molecular weight excluding hydrogens is 460 g/mol. The summed E-state index contributed by atoms with van der Waals surface area (Å²) in [7, 11) is 3.00. The van der Waals surface area contributed by atoms with Gasteiger partial charge in [-0.2, -0.15) is 0 Å². The molecule has 3 aromatic rings. The van der Waals surface area contributed by atoms with Crippen LogP contribution < -0.4 is 20.1 Å². The summed E-state index contributed by atoms with van der Waals surface area (Å²) in [6.07, 6.45) is 0.631. The van der Waals surface area contributed by atoms with Gasteiger partial charge in [0.15, 0.2) is 0 Å². The van der Waals surface area contributed by atoms with E-state index in [0.717, 1.165) is 4.90 Å². The minimum Gasteiger partial charge on any atom is -0.496 e. The number of methoxy groups -OCH3 is 2. The van der Waals surface area contributed by atoms with Crippen molar-refractivity contribution < 1.29 is 19.1 Å². The first-order valence-electron chi connectivity index (χ1n) is 10.3. The van der Waals surface area contributed by atoms with E-state index in [1.165, 1.54) is 26.0 Å². The highest BCUT2D eigenvalue weighted by Crippen LogP contribution is 2.31. The summed E-state index contributed by atoms with van der Waals surface area (Å²) >= 11 is 7.43. The van der Waals surface area contributed by atoms with Gasteiger partial charge in [-0.25, -0.2) is 0 Å².